The van der Waals surface area contributed by atoms with Crippen molar-refractivity contribution in [2.75, 3.05) is 6.26 Å². The van der Waals surface area contributed by atoms with Gasteiger partial charge in [-0.2, -0.15) is 11.8 Å². The van der Waals surface area contributed by atoms with Crippen molar-refractivity contribution >= 4 is 11.8 Å². The molecule has 0 amide bonds. The molecular formula is C10H22S. The lowest BCUT2D eigenvalue weighted by atomic mass is 10.0. The zero-order valence-corrected chi connectivity index (χ0v) is 9.37. The van der Waals surface area contributed by atoms with Crippen molar-refractivity contribution < 1.29 is 0 Å². The third-order valence-corrected chi connectivity index (χ3v) is 3.96. The van der Waals surface area contributed by atoms with Gasteiger partial charge >= 0.3 is 0 Å². The van der Waals surface area contributed by atoms with E-state index in [1.807, 2.05) is 25.6 Å². The fourth-order valence-corrected chi connectivity index (χ4v) is 2.72. The SMILES string of the molecule is CC.CSC1CCC(C)C1C. The molecule has 0 saturated heterocycles. The van der Waals surface area contributed by atoms with Crippen LogP contribution in [0.4, 0.5) is 0 Å². The van der Waals surface area contributed by atoms with Crippen molar-refractivity contribution in [1.82, 2.24) is 0 Å². The van der Waals surface area contributed by atoms with Gasteiger partial charge in [-0.25, -0.2) is 0 Å². The maximum absolute atomic E-state index is 2.39. The summed E-state index contributed by atoms with van der Waals surface area (Å²) in [4.78, 5) is 0. The van der Waals surface area contributed by atoms with Gasteiger partial charge in [-0.3, -0.25) is 0 Å². The number of hydrogen-bond donors (Lipinski definition) is 0. The van der Waals surface area contributed by atoms with E-state index in [9.17, 15) is 0 Å². The van der Waals surface area contributed by atoms with E-state index in [-0.39, 0.29) is 0 Å². The van der Waals surface area contributed by atoms with Gasteiger partial charge in [0, 0.05) is 5.25 Å². The number of hydrogen-bond acceptors (Lipinski definition) is 1. The van der Waals surface area contributed by atoms with Crippen LogP contribution in [0.5, 0.6) is 0 Å². The first kappa shape index (κ1) is 11.4. The van der Waals surface area contributed by atoms with E-state index < -0.39 is 0 Å². The zero-order chi connectivity index (χ0) is 8.85. The molecule has 0 heterocycles. The van der Waals surface area contributed by atoms with E-state index in [1.54, 1.807) is 0 Å². The van der Waals surface area contributed by atoms with Gasteiger partial charge in [-0.15, -0.1) is 0 Å². The molecule has 0 aromatic carbocycles. The van der Waals surface area contributed by atoms with Gasteiger partial charge in [0.15, 0.2) is 0 Å². The minimum Gasteiger partial charge on any atom is -0.162 e. The Morgan fingerprint density at radius 1 is 1.09 bits per heavy atom. The molecule has 11 heavy (non-hydrogen) atoms. The fraction of sp³-hybridized carbons (Fsp3) is 1.00. The standard InChI is InChI=1S/C8H16S.C2H6/c1-6-4-5-8(9-3)7(6)2;1-2/h6-8H,4-5H2,1-3H3;1-2H3. The van der Waals surface area contributed by atoms with Crippen LogP contribution in [0.1, 0.15) is 40.5 Å². The first-order valence-electron chi connectivity index (χ1n) is 4.78. The number of rotatable bonds is 1. The topological polar surface area (TPSA) is 0 Å². The van der Waals surface area contributed by atoms with Gasteiger partial charge < -0.3 is 0 Å². The smallest absolute Gasteiger partial charge is 0.00725 e. The van der Waals surface area contributed by atoms with Crippen molar-refractivity contribution in [1.29, 1.82) is 0 Å². The highest BCUT2D eigenvalue weighted by molar-refractivity contribution is 7.99. The van der Waals surface area contributed by atoms with E-state index in [0.29, 0.717) is 0 Å². The minimum atomic E-state index is 0.958. The highest BCUT2D eigenvalue weighted by Crippen LogP contribution is 2.37. The van der Waals surface area contributed by atoms with Crippen LogP contribution in [0.25, 0.3) is 0 Å². The van der Waals surface area contributed by atoms with E-state index in [1.165, 1.54) is 12.8 Å². The molecule has 1 aliphatic rings. The van der Waals surface area contributed by atoms with Crippen molar-refractivity contribution in [3.05, 3.63) is 0 Å². The fourth-order valence-electron chi connectivity index (χ4n) is 1.65. The Hall–Kier alpha value is 0.350. The molecule has 0 radical (unpaired) electrons. The summed E-state index contributed by atoms with van der Waals surface area (Å²) < 4.78 is 0. The van der Waals surface area contributed by atoms with Crippen LogP contribution in [-0.4, -0.2) is 11.5 Å². The summed E-state index contributed by atoms with van der Waals surface area (Å²) in [6.45, 7) is 8.76. The largest absolute Gasteiger partial charge is 0.162 e. The molecule has 1 fully saturated rings. The Labute approximate surface area is 76.1 Å². The number of thioether (sulfide) groups is 1. The second-order valence-electron chi connectivity index (χ2n) is 3.19. The molecule has 0 bridgehead atoms. The molecule has 0 spiro atoms. The third kappa shape index (κ3) is 3.06. The van der Waals surface area contributed by atoms with Gasteiger partial charge in [0.1, 0.15) is 0 Å². The molecular weight excluding hydrogens is 152 g/mol. The summed E-state index contributed by atoms with van der Waals surface area (Å²) in [7, 11) is 0. The molecule has 0 aromatic rings. The van der Waals surface area contributed by atoms with Crippen LogP contribution >= 0.6 is 11.8 Å². The highest BCUT2D eigenvalue weighted by atomic mass is 32.2. The maximum Gasteiger partial charge on any atom is 0.00725 e. The molecule has 3 unspecified atom stereocenters. The molecule has 0 aliphatic heterocycles. The van der Waals surface area contributed by atoms with Gasteiger partial charge in [0.05, 0.1) is 0 Å². The molecule has 1 rings (SSSR count). The lowest BCUT2D eigenvalue weighted by Gasteiger charge is -2.14. The van der Waals surface area contributed by atoms with Crippen molar-refractivity contribution in [3.63, 3.8) is 0 Å². The summed E-state index contributed by atoms with van der Waals surface area (Å²) in [6, 6.07) is 0. The predicted octanol–water partition coefficient (Wildman–Crippen LogP) is 3.81. The van der Waals surface area contributed by atoms with Crippen LogP contribution in [0.15, 0.2) is 0 Å². The van der Waals surface area contributed by atoms with Gasteiger partial charge in [-0.1, -0.05) is 27.7 Å². The van der Waals surface area contributed by atoms with Gasteiger partial charge in [-0.05, 0) is 30.9 Å². The van der Waals surface area contributed by atoms with E-state index in [2.05, 4.69) is 20.1 Å². The molecule has 0 aromatic heterocycles. The molecule has 1 saturated carbocycles. The maximum atomic E-state index is 2.39. The summed E-state index contributed by atoms with van der Waals surface area (Å²) in [5.74, 6) is 1.93. The van der Waals surface area contributed by atoms with Crippen LogP contribution in [0, 0.1) is 11.8 Å². The first-order chi connectivity index (χ1) is 5.25. The molecule has 0 nitrogen and oxygen atoms in total. The summed E-state index contributed by atoms with van der Waals surface area (Å²) in [5.41, 5.74) is 0. The normalized spacial score (nSPS) is 36.3. The Kier molecular flexibility index (Phi) is 6.12. The van der Waals surface area contributed by atoms with Crippen LogP contribution < -0.4 is 0 Å². The Morgan fingerprint density at radius 2 is 1.64 bits per heavy atom. The molecule has 68 valence electrons. The monoisotopic (exact) mass is 174 g/mol. The predicted molar refractivity (Wildman–Crippen MR) is 56.2 cm³/mol. The Balaban J connectivity index is 0.000000461. The Morgan fingerprint density at radius 3 is 1.82 bits per heavy atom. The second kappa shape index (κ2) is 5.93. The average Bonchev–Trinajstić information content (AvgIpc) is 2.37. The van der Waals surface area contributed by atoms with Crippen LogP contribution in [-0.2, 0) is 0 Å². The second-order valence-corrected chi connectivity index (χ2v) is 4.26. The van der Waals surface area contributed by atoms with Crippen LogP contribution in [0.3, 0.4) is 0 Å². The highest BCUT2D eigenvalue weighted by Gasteiger charge is 2.28. The third-order valence-electron chi connectivity index (χ3n) is 2.69. The van der Waals surface area contributed by atoms with E-state index in [4.69, 9.17) is 0 Å². The van der Waals surface area contributed by atoms with Crippen LogP contribution in [0.2, 0.25) is 0 Å². The molecule has 0 N–H and O–H groups in total. The van der Waals surface area contributed by atoms with Crippen molar-refractivity contribution in [2.24, 2.45) is 11.8 Å². The summed E-state index contributed by atoms with van der Waals surface area (Å²) in [5, 5.41) is 0.958. The van der Waals surface area contributed by atoms with E-state index >= 15 is 0 Å². The lowest BCUT2D eigenvalue weighted by molar-refractivity contribution is 0.463. The molecule has 3 atom stereocenters. The molecule has 1 heteroatoms. The average molecular weight is 174 g/mol. The lowest BCUT2D eigenvalue weighted by Crippen LogP contribution is -2.09. The molecule has 1 aliphatic carbocycles. The van der Waals surface area contributed by atoms with Gasteiger partial charge in [0.2, 0.25) is 0 Å². The zero-order valence-electron chi connectivity index (χ0n) is 8.55. The summed E-state index contributed by atoms with van der Waals surface area (Å²) >= 11 is 2.04. The summed E-state index contributed by atoms with van der Waals surface area (Å²) in [6.07, 6.45) is 5.13. The first-order valence-corrected chi connectivity index (χ1v) is 6.07. The van der Waals surface area contributed by atoms with Crippen molar-refractivity contribution in [3.8, 4) is 0 Å². The van der Waals surface area contributed by atoms with Crippen molar-refractivity contribution in [2.45, 2.75) is 45.8 Å². The quantitative estimate of drug-likeness (QED) is 0.582. The Bertz CT molecular complexity index is 90.9. The van der Waals surface area contributed by atoms with Gasteiger partial charge in [0.25, 0.3) is 0 Å². The minimum absolute atomic E-state index is 0.958. The van der Waals surface area contributed by atoms with E-state index in [0.717, 1.165) is 17.1 Å².